The molecule has 26 heavy (non-hydrogen) atoms. The Hall–Kier alpha value is -2.60. The largest absolute Gasteiger partial charge is 0.573 e. The third-order valence-corrected chi connectivity index (χ3v) is 3.73. The van der Waals surface area contributed by atoms with Crippen molar-refractivity contribution in [3.63, 3.8) is 0 Å². The van der Waals surface area contributed by atoms with Gasteiger partial charge in [-0.05, 0) is 17.7 Å². The Morgan fingerprint density at radius 1 is 1.38 bits per heavy atom. The first-order valence-corrected chi connectivity index (χ1v) is 7.48. The van der Waals surface area contributed by atoms with E-state index in [0.717, 1.165) is 0 Å². The molecule has 142 valence electrons. The molecule has 1 N–H and O–H groups in total. The van der Waals surface area contributed by atoms with Crippen LogP contribution in [0.4, 0.5) is 13.2 Å². The van der Waals surface area contributed by atoms with E-state index in [4.69, 9.17) is 9.47 Å². The summed E-state index contributed by atoms with van der Waals surface area (Å²) in [5.41, 5.74) is 0.601. The van der Waals surface area contributed by atoms with Crippen molar-refractivity contribution in [3.8, 4) is 5.75 Å². The maximum absolute atomic E-state index is 12.1. The van der Waals surface area contributed by atoms with E-state index in [1.54, 1.807) is 0 Å². The number of alkyl halides is 3. The van der Waals surface area contributed by atoms with Gasteiger partial charge in [-0.25, -0.2) is 0 Å². The van der Waals surface area contributed by atoms with Gasteiger partial charge in [-0.3, -0.25) is 15.0 Å². The minimum absolute atomic E-state index is 0.00676. The maximum Gasteiger partial charge on any atom is 0.573 e. The smallest absolute Gasteiger partial charge is 0.462 e. The zero-order valence-electron chi connectivity index (χ0n) is 13.1. The maximum atomic E-state index is 12.1. The molecule has 0 radical (unpaired) electrons. The van der Waals surface area contributed by atoms with Gasteiger partial charge < -0.3 is 19.3 Å². The van der Waals surface area contributed by atoms with Crippen LogP contribution in [0.5, 0.6) is 5.75 Å². The third kappa shape index (κ3) is 4.14. The van der Waals surface area contributed by atoms with Crippen LogP contribution in [-0.2, 0) is 16.1 Å². The van der Waals surface area contributed by atoms with Gasteiger partial charge in [0.05, 0.1) is 18.1 Å². The minimum atomic E-state index is -4.76. The molecule has 0 aliphatic carbocycles. The molecule has 0 bridgehead atoms. The van der Waals surface area contributed by atoms with E-state index in [2.05, 4.69) is 9.73 Å². The highest BCUT2D eigenvalue weighted by Gasteiger charge is 2.46. The van der Waals surface area contributed by atoms with Gasteiger partial charge in [-0.1, -0.05) is 12.1 Å². The Labute approximate surface area is 144 Å². The van der Waals surface area contributed by atoms with Crippen molar-refractivity contribution >= 4 is 6.02 Å². The van der Waals surface area contributed by atoms with Crippen LogP contribution in [0.3, 0.4) is 0 Å². The summed E-state index contributed by atoms with van der Waals surface area (Å²) in [6.07, 6.45) is -8.20. The van der Waals surface area contributed by atoms with E-state index in [9.17, 15) is 28.4 Å². The van der Waals surface area contributed by atoms with Gasteiger partial charge in [-0.15, -0.1) is 13.2 Å². The minimum Gasteiger partial charge on any atom is -0.462 e. The summed E-state index contributed by atoms with van der Waals surface area (Å²) in [7, 11) is 0. The van der Waals surface area contributed by atoms with Gasteiger partial charge in [0.2, 0.25) is 6.23 Å². The number of rotatable bonds is 5. The number of amidine groups is 1. The van der Waals surface area contributed by atoms with Crippen LogP contribution in [-0.4, -0.2) is 59.0 Å². The van der Waals surface area contributed by atoms with E-state index in [1.165, 1.54) is 29.2 Å². The molecule has 1 aromatic carbocycles. The quantitative estimate of drug-likeness (QED) is 0.605. The molecule has 2 unspecified atom stereocenters. The number of hydrogen-bond acceptors (Lipinski definition) is 8. The summed E-state index contributed by atoms with van der Waals surface area (Å²) in [4.78, 5) is 15.0. The highest BCUT2D eigenvalue weighted by atomic mass is 19.4. The van der Waals surface area contributed by atoms with Crippen molar-refractivity contribution in [1.82, 2.24) is 4.90 Å². The van der Waals surface area contributed by atoms with Gasteiger partial charge in [0, 0.05) is 0 Å². The molecule has 1 fully saturated rings. The highest BCUT2D eigenvalue weighted by molar-refractivity contribution is 5.76. The van der Waals surface area contributed by atoms with Crippen molar-refractivity contribution in [2.75, 3.05) is 13.2 Å². The lowest BCUT2D eigenvalue weighted by Gasteiger charge is -2.32. The Kier molecular flexibility index (Phi) is 4.87. The number of halogens is 3. The van der Waals surface area contributed by atoms with Gasteiger partial charge >= 0.3 is 12.5 Å². The van der Waals surface area contributed by atoms with E-state index in [0.29, 0.717) is 5.56 Å². The molecule has 3 rings (SSSR count). The predicted molar refractivity (Wildman–Crippen MR) is 78.6 cm³/mol. The van der Waals surface area contributed by atoms with Crippen LogP contribution in [0, 0.1) is 10.1 Å². The van der Waals surface area contributed by atoms with E-state index in [1.807, 2.05) is 0 Å². The Morgan fingerprint density at radius 2 is 2.08 bits per heavy atom. The van der Waals surface area contributed by atoms with Gasteiger partial charge in [0.1, 0.15) is 18.5 Å². The fourth-order valence-electron chi connectivity index (χ4n) is 2.53. The zero-order valence-corrected chi connectivity index (χ0v) is 13.1. The summed E-state index contributed by atoms with van der Waals surface area (Å²) in [6, 6.07) is 5.17. The first-order chi connectivity index (χ1) is 12.2. The number of ether oxygens (including phenoxy) is 3. The first-order valence-electron chi connectivity index (χ1n) is 7.48. The number of aliphatic hydroxyl groups excluding tert-OH is 1. The number of hydrogen-bond donors (Lipinski definition) is 1. The molecule has 2 heterocycles. The standard InChI is InChI=1S/C14H14F3N3O6/c15-14(16,17)26-9-3-1-8(2-4-9)6-24-10-5-19-12(21)11(20(22)23)18-13(19)25-7-10/h1-4,10-12,21H,5-7H2/t10-,11?,12?/m0/s1. The number of aliphatic hydroxyl groups is 1. The van der Waals surface area contributed by atoms with Crippen LogP contribution in [0.15, 0.2) is 29.3 Å². The molecule has 9 nitrogen and oxygen atoms in total. The predicted octanol–water partition coefficient (Wildman–Crippen LogP) is 1.09. The fraction of sp³-hybridized carbons (Fsp3) is 0.500. The SMILES string of the molecule is O=[N+]([O-])C1N=C2OC[C@@H](OCc3ccc(OC(F)(F)F)cc3)CN2C1O. The number of fused-ring (bicyclic) bond motifs is 1. The molecule has 12 heteroatoms. The lowest BCUT2D eigenvalue weighted by Crippen LogP contribution is -2.51. The number of benzene rings is 1. The molecule has 1 saturated heterocycles. The van der Waals surface area contributed by atoms with Crippen LogP contribution in [0.25, 0.3) is 0 Å². The van der Waals surface area contributed by atoms with Crippen molar-refractivity contribution in [2.24, 2.45) is 4.99 Å². The molecule has 0 spiro atoms. The Balaban J connectivity index is 1.52. The monoisotopic (exact) mass is 377 g/mol. The summed E-state index contributed by atoms with van der Waals surface area (Å²) in [5.74, 6) is -0.339. The van der Waals surface area contributed by atoms with Crippen molar-refractivity contribution < 1.29 is 37.4 Å². The second kappa shape index (κ2) is 6.96. The molecule has 3 atom stereocenters. The molecule has 0 aromatic heterocycles. The van der Waals surface area contributed by atoms with Gasteiger partial charge in [0.15, 0.2) is 0 Å². The number of aliphatic imine (C=N–C) groups is 1. The van der Waals surface area contributed by atoms with Gasteiger partial charge in [-0.2, -0.15) is 4.99 Å². The summed E-state index contributed by atoms with van der Waals surface area (Å²) < 4.78 is 51.0. The topological polar surface area (TPSA) is 107 Å². The molecule has 0 saturated carbocycles. The van der Waals surface area contributed by atoms with Crippen LogP contribution in [0.1, 0.15) is 5.56 Å². The Morgan fingerprint density at radius 3 is 2.69 bits per heavy atom. The first kappa shape index (κ1) is 18.2. The zero-order chi connectivity index (χ0) is 18.9. The van der Waals surface area contributed by atoms with Crippen LogP contribution >= 0.6 is 0 Å². The average Bonchev–Trinajstić information content (AvgIpc) is 2.90. The molecule has 1 aromatic rings. The fourth-order valence-corrected chi connectivity index (χ4v) is 2.53. The number of nitrogens with zero attached hydrogens (tertiary/aromatic N) is 3. The van der Waals surface area contributed by atoms with Crippen LogP contribution < -0.4 is 4.74 Å². The lowest BCUT2D eigenvalue weighted by atomic mass is 10.2. The molecular weight excluding hydrogens is 363 g/mol. The van der Waals surface area contributed by atoms with Crippen LogP contribution in [0.2, 0.25) is 0 Å². The average molecular weight is 377 g/mol. The van der Waals surface area contributed by atoms with E-state index in [-0.39, 0.29) is 31.5 Å². The van der Waals surface area contributed by atoms with Crippen molar-refractivity contribution in [1.29, 1.82) is 0 Å². The van der Waals surface area contributed by atoms with Crippen molar-refractivity contribution in [3.05, 3.63) is 39.9 Å². The van der Waals surface area contributed by atoms with Crippen molar-refractivity contribution in [2.45, 2.75) is 31.5 Å². The summed E-state index contributed by atoms with van der Waals surface area (Å²) in [5, 5.41) is 20.7. The third-order valence-electron chi connectivity index (χ3n) is 3.73. The molecule has 2 aliphatic heterocycles. The highest BCUT2D eigenvalue weighted by Crippen LogP contribution is 2.24. The second-order valence-corrected chi connectivity index (χ2v) is 5.61. The normalized spacial score (nSPS) is 25.3. The second-order valence-electron chi connectivity index (χ2n) is 5.61. The summed E-state index contributed by atoms with van der Waals surface area (Å²) >= 11 is 0. The lowest BCUT2D eigenvalue weighted by molar-refractivity contribution is -0.534. The molecule has 2 aliphatic rings. The summed E-state index contributed by atoms with van der Waals surface area (Å²) in [6.45, 7) is 0.302. The van der Waals surface area contributed by atoms with E-state index >= 15 is 0 Å². The van der Waals surface area contributed by atoms with E-state index < -0.39 is 29.8 Å². The number of nitro groups is 1. The molecular formula is C14H14F3N3O6. The Bertz CT molecular complexity index is 696. The van der Waals surface area contributed by atoms with Gasteiger partial charge in [0.25, 0.3) is 6.02 Å². The molecule has 0 amide bonds.